The SMILES string of the molecule is ClC[SiH](Cc1ccc(Cl)cc1)c1ccccc1Cl. The summed E-state index contributed by atoms with van der Waals surface area (Å²) in [5.74, 6) is 0. The lowest BCUT2D eigenvalue weighted by Crippen LogP contribution is -2.35. The average Bonchev–Trinajstić information content (AvgIpc) is 2.39. The summed E-state index contributed by atoms with van der Waals surface area (Å²) in [5, 5.41) is 2.84. The Morgan fingerprint density at radius 1 is 0.889 bits per heavy atom. The van der Waals surface area contributed by atoms with Crippen LogP contribution >= 0.6 is 34.8 Å². The molecule has 1 unspecified atom stereocenters. The minimum atomic E-state index is -1.26. The van der Waals surface area contributed by atoms with Gasteiger partial charge in [0.05, 0.1) is 8.80 Å². The first-order valence-electron chi connectivity index (χ1n) is 5.75. The Bertz CT molecular complexity index is 511. The van der Waals surface area contributed by atoms with Crippen LogP contribution in [0.25, 0.3) is 0 Å². The van der Waals surface area contributed by atoms with E-state index in [-0.39, 0.29) is 0 Å². The van der Waals surface area contributed by atoms with Crippen molar-refractivity contribution in [3.05, 3.63) is 64.1 Å². The van der Waals surface area contributed by atoms with Gasteiger partial charge in [0.25, 0.3) is 0 Å². The van der Waals surface area contributed by atoms with Crippen LogP contribution in [0.4, 0.5) is 0 Å². The molecule has 0 aliphatic heterocycles. The average molecular weight is 316 g/mol. The molecule has 2 rings (SSSR count). The van der Waals surface area contributed by atoms with Crippen molar-refractivity contribution in [2.45, 2.75) is 6.04 Å². The minimum Gasteiger partial charge on any atom is -0.130 e. The fourth-order valence-electron chi connectivity index (χ4n) is 1.96. The van der Waals surface area contributed by atoms with E-state index in [4.69, 9.17) is 34.8 Å². The first-order chi connectivity index (χ1) is 8.70. The third-order valence-electron chi connectivity index (χ3n) is 2.93. The van der Waals surface area contributed by atoms with E-state index >= 15 is 0 Å². The van der Waals surface area contributed by atoms with Crippen LogP contribution in [0.5, 0.6) is 0 Å². The van der Waals surface area contributed by atoms with Gasteiger partial charge in [0.2, 0.25) is 0 Å². The van der Waals surface area contributed by atoms with E-state index in [1.807, 2.05) is 30.3 Å². The zero-order chi connectivity index (χ0) is 13.0. The highest BCUT2D eigenvalue weighted by atomic mass is 35.5. The van der Waals surface area contributed by atoms with Crippen molar-refractivity contribution < 1.29 is 0 Å². The monoisotopic (exact) mass is 314 g/mol. The van der Waals surface area contributed by atoms with Gasteiger partial charge in [0.15, 0.2) is 0 Å². The van der Waals surface area contributed by atoms with Gasteiger partial charge in [-0.05, 0) is 29.4 Å². The lowest BCUT2D eigenvalue weighted by Gasteiger charge is -2.14. The molecule has 0 spiro atoms. The molecular weight excluding hydrogens is 303 g/mol. The van der Waals surface area contributed by atoms with Crippen LogP contribution in [-0.4, -0.2) is 14.3 Å². The van der Waals surface area contributed by atoms with Crippen molar-refractivity contribution in [2.75, 3.05) is 5.50 Å². The zero-order valence-electron chi connectivity index (χ0n) is 9.74. The highest BCUT2D eigenvalue weighted by molar-refractivity contribution is 6.80. The summed E-state index contributed by atoms with van der Waals surface area (Å²) >= 11 is 18.3. The first-order valence-corrected chi connectivity index (χ1v) is 9.25. The summed E-state index contributed by atoms with van der Waals surface area (Å²) in [6, 6.07) is 17.0. The van der Waals surface area contributed by atoms with E-state index in [2.05, 4.69) is 18.2 Å². The maximum Gasteiger partial charge on any atom is 0.0929 e. The molecule has 0 aromatic heterocycles. The molecule has 0 aliphatic rings. The Balaban J connectivity index is 2.20. The maximum atomic E-state index is 6.24. The van der Waals surface area contributed by atoms with Crippen LogP contribution in [0, 0.1) is 0 Å². The van der Waals surface area contributed by atoms with Crippen LogP contribution in [0.1, 0.15) is 5.56 Å². The van der Waals surface area contributed by atoms with Gasteiger partial charge in [-0.25, -0.2) is 0 Å². The predicted molar refractivity (Wildman–Crippen MR) is 84.1 cm³/mol. The minimum absolute atomic E-state index is 0.687. The van der Waals surface area contributed by atoms with Crippen LogP contribution in [0.3, 0.4) is 0 Å². The molecule has 0 amide bonds. The molecule has 0 bridgehead atoms. The smallest absolute Gasteiger partial charge is 0.0929 e. The number of hydrogen-bond acceptors (Lipinski definition) is 0. The van der Waals surface area contributed by atoms with Gasteiger partial charge in [0.1, 0.15) is 0 Å². The third-order valence-corrected chi connectivity index (χ3v) is 7.54. The predicted octanol–water partition coefficient (Wildman–Crippen LogP) is 3.99. The second-order valence-corrected chi connectivity index (χ2v) is 8.71. The molecule has 0 fully saturated rings. The van der Waals surface area contributed by atoms with Gasteiger partial charge in [-0.2, -0.15) is 0 Å². The lowest BCUT2D eigenvalue weighted by molar-refractivity contribution is 1.36. The number of halogens is 3. The van der Waals surface area contributed by atoms with E-state index in [0.29, 0.717) is 5.50 Å². The third kappa shape index (κ3) is 3.52. The van der Waals surface area contributed by atoms with Crippen molar-refractivity contribution in [3.8, 4) is 0 Å². The normalized spacial score (nSPS) is 12.4. The van der Waals surface area contributed by atoms with Crippen molar-refractivity contribution >= 4 is 48.8 Å². The quantitative estimate of drug-likeness (QED) is 0.591. The highest BCUT2D eigenvalue weighted by Crippen LogP contribution is 2.13. The fraction of sp³-hybridized carbons (Fsp3) is 0.143. The Kier molecular flexibility index (Phi) is 5.13. The number of alkyl halides is 1. The summed E-state index contributed by atoms with van der Waals surface area (Å²) in [7, 11) is -1.26. The van der Waals surface area contributed by atoms with Crippen LogP contribution in [0.2, 0.25) is 10.0 Å². The van der Waals surface area contributed by atoms with E-state index in [9.17, 15) is 0 Å². The van der Waals surface area contributed by atoms with E-state index < -0.39 is 8.80 Å². The molecule has 2 aromatic carbocycles. The van der Waals surface area contributed by atoms with E-state index in [1.54, 1.807) is 0 Å². The molecular formula is C14H13Cl3Si. The molecule has 2 aromatic rings. The van der Waals surface area contributed by atoms with Gasteiger partial charge in [-0.1, -0.05) is 59.1 Å². The Morgan fingerprint density at radius 2 is 1.56 bits per heavy atom. The molecule has 0 radical (unpaired) electrons. The van der Waals surface area contributed by atoms with Crippen LogP contribution in [-0.2, 0) is 6.04 Å². The van der Waals surface area contributed by atoms with Gasteiger partial charge in [-0.3, -0.25) is 0 Å². The lowest BCUT2D eigenvalue weighted by atomic mass is 10.2. The zero-order valence-corrected chi connectivity index (χ0v) is 13.2. The number of benzene rings is 2. The van der Waals surface area contributed by atoms with E-state index in [0.717, 1.165) is 16.1 Å². The number of hydrogen-bond donors (Lipinski definition) is 0. The topological polar surface area (TPSA) is 0 Å². The van der Waals surface area contributed by atoms with Crippen molar-refractivity contribution in [1.29, 1.82) is 0 Å². The second-order valence-electron chi connectivity index (χ2n) is 4.20. The maximum absolute atomic E-state index is 6.24. The molecule has 1 atom stereocenters. The summed E-state index contributed by atoms with van der Waals surface area (Å²) in [5.41, 5.74) is 1.96. The molecule has 0 aliphatic carbocycles. The van der Waals surface area contributed by atoms with Gasteiger partial charge >= 0.3 is 0 Å². The van der Waals surface area contributed by atoms with Gasteiger partial charge < -0.3 is 0 Å². The standard InChI is InChI=1S/C14H13Cl3Si/c15-10-18(14-4-2-1-3-13(14)17)9-11-5-7-12(16)8-6-11/h1-8,18H,9-10H2. The molecule has 4 heteroatoms. The highest BCUT2D eigenvalue weighted by Gasteiger charge is 2.15. The molecule has 0 saturated carbocycles. The molecule has 0 heterocycles. The Hall–Kier alpha value is -0.473. The molecule has 18 heavy (non-hydrogen) atoms. The second kappa shape index (κ2) is 6.62. The molecule has 0 nitrogen and oxygen atoms in total. The Morgan fingerprint density at radius 3 is 2.17 bits per heavy atom. The molecule has 94 valence electrons. The van der Waals surface area contributed by atoms with Gasteiger partial charge in [-0.15, -0.1) is 11.6 Å². The summed E-state index contributed by atoms with van der Waals surface area (Å²) in [6.45, 7) is 0. The largest absolute Gasteiger partial charge is 0.130 e. The van der Waals surface area contributed by atoms with Crippen molar-refractivity contribution in [3.63, 3.8) is 0 Å². The van der Waals surface area contributed by atoms with Crippen LogP contribution in [0.15, 0.2) is 48.5 Å². The summed E-state index contributed by atoms with van der Waals surface area (Å²) in [4.78, 5) is 0. The van der Waals surface area contributed by atoms with Crippen LogP contribution < -0.4 is 5.19 Å². The van der Waals surface area contributed by atoms with Crippen molar-refractivity contribution in [2.24, 2.45) is 0 Å². The summed E-state index contributed by atoms with van der Waals surface area (Å²) in [6.07, 6.45) is 0. The molecule has 0 N–H and O–H groups in total. The first kappa shape index (κ1) is 13.9. The van der Waals surface area contributed by atoms with Gasteiger partial charge in [0, 0.05) is 15.5 Å². The Labute approximate surface area is 124 Å². The fourth-order valence-corrected chi connectivity index (χ4v) is 5.72. The van der Waals surface area contributed by atoms with E-state index in [1.165, 1.54) is 10.8 Å². The molecule has 0 saturated heterocycles. The number of rotatable bonds is 4. The van der Waals surface area contributed by atoms with Crippen molar-refractivity contribution in [1.82, 2.24) is 0 Å². The summed E-state index contributed by atoms with van der Waals surface area (Å²) < 4.78 is 0.